The highest BCUT2D eigenvalue weighted by Crippen LogP contribution is 2.11. The van der Waals surface area contributed by atoms with Gasteiger partial charge in [-0.05, 0) is 12.5 Å². The number of aliphatic hydroxyl groups is 1. The average Bonchev–Trinajstić information content (AvgIpc) is 2.36. The number of rotatable bonds is 7. The van der Waals surface area contributed by atoms with Crippen molar-refractivity contribution in [1.29, 1.82) is 0 Å². The van der Waals surface area contributed by atoms with Gasteiger partial charge in [-0.2, -0.15) is 0 Å². The van der Waals surface area contributed by atoms with Gasteiger partial charge in [-0.25, -0.2) is 0 Å². The maximum atomic E-state index is 11.1. The molecule has 0 aliphatic heterocycles. The first-order chi connectivity index (χ1) is 8.27. The van der Waals surface area contributed by atoms with Crippen LogP contribution in [0, 0.1) is 0 Å². The van der Waals surface area contributed by atoms with Crippen molar-refractivity contribution < 1.29 is 14.6 Å². The van der Waals surface area contributed by atoms with E-state index in [1.807, 2.05) is 30.3 Å². The van der Waals surface area contributed by atoms with E-state index in [0.717, 1.165) is 5.56 Å². The molecule has 0 aliphatic carbocycles. The fraction of sp³-hybridized carbons (Fsp3) is 0.462. The lowest BCUT2D eigenvalue weighted by molar-refractivity contribution is -0.143. The normalized spacial score (nSPS) is 12.1. The SMILES string of the molecule is CCOC(=O)CCN[C@H](CO)c1ccccc1. The number of aliphatic hydroxyl groups excluding tert-OH is 1. The molecule has 1 aromatic carbocycles. The minimum atomic E-state index is -0.218. The third kappa shape index (κ3) is 4.97. The summed E-state index contributed by atoms with van der Waals surface area (Å²) >= 11 is 0. The van der Waals surface area contributed by atoms with Crippen LogP contribution in [-0.4, -0.2) is 30.8 Å². The summed E-state index contributed by atoms with van der Waals surface area (Å²) in [6, 6.07) is 9.52. The van der Waals surface area contributed by atoms with Crippen molar-refractivity contribution in [1.82, 2.24) is 5.32 Å². The van der Waals surface area contributed by atoms with Gasteiger partial charge in [0.25, 0.3) is 0 Å². The molecule has 0 aromatic heterocycles. The minimum absolute atomic E-state index is 0.00678. The molecule has 0 aliphatic rings. The Balaban J connectivity index is 2.36. The van der Waals surface area contributed by atoms with Gasteiger partial charge in [0.2, 0.25) is 0 Å². The van der Waals surface area contributed by atoms with Crippen molar-refractivity contribution in [3.63, 3.8) is 0 Å². The van der Waals surface area contributed by atoms with Gasteiger partial charge in [0.05, 0.1) is 25.7 Å². The molecule has 0 amide bonds. The Hall–Kier alpha value is -1.39. The first kappa shape index (κ1) is 13.7. The molecule has 1 aromatic rings. The summed E-state index contributed by atoms with van der Waals surface area (Å²) in [6.45, 7) is 2.69. The molecule has 17 heavy (non-hydrogen) atoms. The van der Waals surface area contributed by atoms with Crippen LogP contribution in [0.25, 0.3) is 0 Å². The van der Waals surface area contributed by atoms with E-state index in [4.69, 9.17) is 4.74 Å². The van der Waals surface area contributed by atoms with Gasteiger partial charge in [-0.3, -0.25) is 4.79 Å². The maximum Gasteiger partial charge on any atom is 0.307 e. The van der Waals surface area contributed by atoms with Crippen molar-refractivity contribution in [2.45, 2.75) is 19.4 Å². The number of ether oxygens (including phenoxy) is 1. The molecule has 0 unspecified atom stereocenters. The summed E-state index contributed by atoms with van der Waals surface area (Å²) in [5, 5.41) is 12.4. The molecule has 0 saturated carbocycles. The second-order valence-corrected chi connectivity index (χ2v) is 3.65. The highest BCUT2D eigenvalue weighted by Gasteiger charge is 2.09. The predicted octanol–water partition coefficient (Wildman–Crippen LogP) is 1.26. The Morgan fingerprint density at radius 3 is 2.71 bits per heavy atom. The number of carbonyl (C=O) groups is 1. The summed E-state index contributed by atoms with van der Waals surface area (Å²) in [5.74, 6) is -0.218. The summed E-state index contributed by atoms with van der Waals surface area (Å²) in [7, 11) is 0. The van der Waals surface area contributed by atoms with Crippen LogP contribution in [0.1, 0.15) is 24.9 Å². The number of benzene rings is 1. The van der Waals surface area contributed by atoms with E-state index in [-0.39, 0.29) is 18.6 Å². The van der Waals surface area contributed by atoms with Crippen LogP contribution in [0.5, 0.6) is 0 Å². The van der Waals surface area contributed by atoms with Crippen molar-refractivity contribution in [3.8, 4) is 0 Å². The fourth-order valence-electron chi connectivity index (χ4n) is 1.55. The molecule has 4 heteroatoms. The number of hydrogen-bond donors (Lipinski definition) is 2. The Morgan fingerprint density at radius 2 is 2.12 bits per heavy atom. The molecular weight excluding hydrogens is 218 g/mol. The van der Waals surface area contributed by atoms with E-state index in [2.05, 4.69) is 5.32 Å². The zero-order valence-corrected chi connectivity index (χ0v) is 10.1. The Morgan fingerprint density at radius 1 is 1.41 bits per heavy atom. The van der Waals surface area contributed by atoms with Gasteiger partial charge in [0.15, 0.2) is 0 Å². The number of carbonyl (C=O) groups excluding carboxylic acids is 1. The van der Waals surface area contributed by atoms with E-state index >= 15 is 0 Å². The van der Waals surface area contributed by atoms with Crippen LogP contribution < -0.4 is 5.32 Å². The van der Waals surface area contributed by atoms with Crippen molar-refractivity contribution in [2.24, 2.45) is 0 Å². The van der Waals surface area contributed by atoms with E-state index in [1.54, 1.807) is 6.92 Å². The first-order valence-corrected chi connectivity index (χ1v) is 5.82. The van der Waals surface area contributed by atoms with Crippen molar-refractivity contribution in [3.05, 3.63) is 35.9 Å². The standard InChI is InChI=1S/C13H19NO3/c1-2-17-13(16)8-9-14-12(10-15)11-6-4-3-5-7-11/h3-7,12,14-15H,2,8-10H2,1H3/t12-/m1/s1. The summed E-state index contributed by atoms with van der Waals surface area (Å²) < 4.78 is 4.82. The lowest BCUT2D eigenvalue weighted by atomic mass is 10.1. The van der Waals surface area contributed by atoms with Crippen molar-refractivity contribution in [2.75, 3.05) is 19.8 Å². The third-order valence-electron chi connectivity index (χ3n) is 2.41. The van der Waals surface area contributed by atoms with Crippen molar-refractivity contribution >= 4 is 5.97 Å². The van der Waals surface area contributed by atoms with Gasteiger partial charge in [0.1, 0.15) is 0 Å². The second kappa shape index (κ2) is 7.81. The molecule has 0 spiro atoms. The predicted molar refractivity (Wildman–Crippen MR) is 65.5 cm³/mol. The van der Waals surface area contributed by atoms with Gasteiger partial charge < -0.3 is 15.2 Å². The number of nitrogens with one attached hydrogen (secondary N) is 1. The highest BCUT2D eigenvalue weighted by molar-refractivity contribution is 5.69. The number of hydrogen-bond acceptors (Lipinski definition) is 4. The zero-order valence-electron chi connectivity index (χ0n) is 10.1. The van der Waals surface area contributed by atoms with Crippen LogP contribution in [0.3, 0.4) is 0 Å². The topological polar surface area (TPSA) is 58.6 Å². The number of esters is 1. The molecule has 0 radical (unpaired) electrons. The Kier molecular flexibility index (Phi) is 6.29. The van der Waals surface area contributed by atoms with Crippen LogP contribution in [-0.2, 0) is 9.53 Å². The molecule has 0 fully saturated rings. The summed E-state index contributed by atoms with van der Waals surface area (Å²) in [4.78, 5) is 11.1. The highest BCUT2D eigenvalue weighted by atomic mass is 16.5. The molecule has 1 rings (SSSR count). The smallest absolute Gasteiger partial charge is 0.307 e. The lowest BCUT2D eigenvalue weighted by Gasteiger charge is -2.16. The van der Waals surface area contributed by atoms with Crippen LogP contribution in [0.4, 0.5) is 0 Å². The van der Waals surface area contributed by atoms with Gasteiger partial charge in [0, 0.05) is 6.54 Å². The lowest BCUT2D eigenvalue weighted by Crippen LogP contribution is -2.27. The molecule has 0 bridgehead atoms. The Labute approximate surface area is 102 Å². The van der Waals surface area contributed by atoms with E-state index < -0.39 is 0 Å². The van der Waals surface area contributed by atoms with Crippen LogP contribution in [0.2, 0.25) is 0 Å². The van der Waals surface area contributed by atoms with Gasteiger partial charge >= 0.3 is 5.97 Å². The Bertz CT molecular complexity index is 327. The molecular formula is C13H19NO3. The molecule has 4 nitrogen and oxygen atoms in total. The van der Waals surface area contributed by atoms with Gasteiger partial charge in [-0.15, -0.1) is 0 Å². The minimum Gasteiger partial charge on any atom is -0.466 e. The molecule has 94 valence electrons. The molecule has 1 atom stereocenters. The molecule has 0 saturated heterocycles. The second-order valence-electron chi connectivity index (χ2n) is 3.65. The molecule has 0 heterocycles. The summed E-state index contributed by atoms with van der Waals surface area (Å²) in [6.07, 6.45) is 0.317. The van der Waals surface area contributed by atoms with Crippen LogP contribution in [0.15, 0.2) is 30.3 Å². The quantitative estimate of drug-likeness (QED) is 0.701. The zero-order chi connectivity index (χ0) is 12.5. The van der Waals surface area contributed by atoms with E-state index in [9.17, 15) is 9.90 Å². The van der Waals surface area contributed by atoms with Crippen LogP contribution >= 0.6 is 0 Å². The molecule has 2 N–H and O–H groups in total. The largest absolute Gasteiger partial charge is 0.466 e. The third-order valence-corrected chi connectivity index (χ3v) is 2.41. The summed E-state index contributed by atoms with van der Waals surface area (Å²) in [5.41, 5.74) is 1.01. The van der Waals surface area contributed by atoms with Gasteiger partial charge in [-0.1, -0.05) is 30.3 Å². The monoisotopic (exact) mass is 237 g/mol. The maximum absolute atomic E-state index is 11.1. The van der Waals surface area contributed by atoms with E-state index in [1.165, 1.54) is 0 Å². The van der Waals surface area contributed by atoms with E-state index in [0.29, 0.717) is 19.6 Å². The first-order valence-electron chi connectivity index (χ1n) is 5.82. The fourth-order valence-corrected chi connectivity index (χ4v) is 1.55. The average molecular weight is 237 g/mol.